The van der Waals surface area contributed by atoms with Gasteiger partial charge in [0.2, 0.25) is 5.95 Å². The number of nitrogens with two attached hydrogens (primary N) is 1. The van der Waals surface area contributed by atoms with Crippen LogP contribution in [-0.4, -0.2) is 66.2 Å². The molecule has 3 rings (SSSR count). The normalized spacial score (nSPS) is 23.5. The number of imidazole rings is 1. The van der Waals surface area contributed by atoms with E-state index in [4.69, 9.17) is 25.7 Å². The number of aliphatic hydroxyl groups excluding tert-OH is 1. The van der Waals surface area contributed by atoms with Crippen molar-refractivity contribution in [1.82, 2.24) is 19.5 Å². The first kappa shape index (κ1) is 29.7. The summed E-state index contributed by atoms with van der Waals surface area (Å²) in [6.07, 6.45) is 5.38. The summed E-state index contributed by atoms with van der Waals surface area (Å²) in [6.45, 7) is 22.3. The molecule has 206 valence electrons. The van der Waals surface area contributed by atoms with Gasteiger partial charge >= 0.3 is 0 Å². The Labute approximate surface area is 223 Å². The number of rotatable bonds is 8. The molecule has 2 aromatic heterocycles. The molecule has 0 bridgehead atoms. The second-order valence-electron chi connectivity index (χ2n) is 13.0. The number of hydrogen-bond acceptors (Lipinski definition) is 8. The fraction of sp³-hybridized carbons (Fsp3) is 0.731. The van der Waals surface area contributed by atoms with Crippen LogP contribution in [0.5, 0.6) is 0 Å². The maximum Gasteiger partial charge on any atom is 0.222 e. The van der Waals surface area contributed by atoms with Crippen molar-refractivity contribution in [2.45, 2.75) is 115 Å². The summed E-state index contributed by atoms with van der Waals surface area (Å²) in [5.41, 5.74) is 7.81. The van der Waals surface area contributed by atoms with Crippen LogP contribution in [-0.2, 0) is 20.0 Å². The molecule has 0 amide bonds. The lowest BCUT2D eigenvalue weighted by atomic mass is 10.1. The first-order chi connectivity index (χ1) is 16.9. The first-order valence-electron chi connectivity index (χ1n) is 13.0. The van der Waals surface area contributed by atoms with Crippen LogP contribution in [0.1, 0.15) is 59.9 Å². The zero-order valence-electron chi connectivity index (χ0n) is 24.1. The largest absolute Gasteiger partial charge is 0.414 e. The van der Waals surface area contributed by atoms with E-state index in [1.165, 1.54) is 0 Å². The second-order valence-corrected chi connectivity index (χ2v) is 22.6. The van der Waals surface area contributed by atoms with Crippen LogP contribution in [0.4, 0.5) is 5.95 Å². The summed E-state index contributed by atoms with van der Waals surface area (Å²) in [6, 6.07) is 0. The van der Waals surface area contributed by atoms with Crippen molar-refractivity contribution in [2.24, 2.45) is 0 Å². The SMILES string of the molecule is C#CCCc1nc(N)nc2c1ncn2[C@@H]1O[C@H](CO[Si](C)(C)C(C)(C)C)[C@@H](O[Si](C)(C)C(C)(C)C)[C@H]1O. The van der Waals surface area contributed by atoms with Crippen LogP contribution in [0, 0.1) is 12.3 Å². The molecular weight excluding hydrogens is 502 g/mol. The molecule has 0 unspecified atom stereocenters. The van der Waals surface area contributed by atoms with Gasteiger partial charge in [-0.2, -0.15) is 4.98 Å². The topological polar surface area (TPSA) is 118 Å². The van der Waals surface area contributed by atoms with Crippen LogP contribution in [0.2, 0.25) is 36.3 Å². The second kappa shape index (κ2) is 10.4. The van der Waals surface area contributed by atoms with E-state index in [1.54, 1.807) is 10.9 Å². The van der Waals surface area contributed by atoms with Gasteiger partial charge in [-0.3, -0.25) is 4.57 Å². The Hall–Kier alpha value is -1.82. The number of nitrogen functional groups attached to an aromatic ring is 1. The molecule has 0 aromatic carbocycles. The minimum atomic E-state index is -2.24. The Balaban J connectivity index is 1.99. The third-order valence-electron chi connectivity index (χ3n) is 8.25. The number of anilines is 1. The molecule has 0 saturated carbocycles. The molecular formula is C26H45N5O4Si2. The van der Waals surface area contributed by atoms with Gasteiger partial charge in [-0.15, -0.1) is 12.3 Å². The van der Waals surface area contributed by atoms with Crippen LogP contribution < -0.4 is 5.73 Å². The highest BCUT2D eigenvalue weighted by Crippen LogP contribution is 2.43. The number of aromatic nitrogens is 4. The smallest absolute Gasteiger partial charge is 0.222 e. The summed E-state index contributed by atoms with van der Waals surface area (Å²) in [4.78, 5) is 13.3. The predicted molar refractivity (Wildman–Crippen MR) is 152 cm³/mol. The minimum Gasteiger partial charge on any atom is -0.414 e. The molecule has 0 radical (unpaired) electrons. The van der Waals surface area contributed by atoms with Crippen molar-refractivity contribution in [1.29, 1.82) is 0 Å². The summed E-state index contributed by atoms with van der Waals surface area (Å²) < 4.78 is 21.5. The maximum absolute atomic E-state index is 11.6. The number of aryl methyl sites for hydroxylation is 1. The maximum atomic E-state index is 11.6. The van der Waals surface area contributed by atoms with Gasteiger partial charge in [0.05, 0.1) is 18.6 Å². The van der Waals surface area contributed by atoms with Gasteiger partial charge in [0.1, 0.15) is 23.8 Å². The highest BCUT2D eigenvalue weighted by Gasteiger charge is 2.51. The van der Waals surface area contributed by atoms with Gasteiger partial charge in [0.15, 0.2) is 28.5 Å². The number of fused-ring (bicyclic) bond motifs is 1. The molecule has 11 heteroatoms. The van der Waals surface area contributed by atoms with Crippen molar-refractivity contribution in [3.05, 3.63) is 12.0 Å². The van der Waals surface area contributed by atoms with E-state index in [1.807, 2.05) is 0 Å². The third-order valence-corrected chi connectivity index (χ3v) is 17.2. The molecule has 1 fully saturated rings. The van der Waals surface area contributed by atoms with Crippen molar-refractivity contribution < 1.29 is 18.7 Å². The van der Waals surface area contributed by atoms with E-state index >= 15 is 0 Å². The van der Waals surface area contributed by atoms with Gasteiger partial charge in [-0.1, -0.05) is 41.5 Å². The van der Waals surface area contributed by atoms with Crippen LogP contribution in [0.25, 0.3) is 11.2 Å². The van der Waals surface area contributed by atoms with Gasteiger partial charge in [0.25, 0.3) is 0 Å². The minimum absolute atomic E-state index is 0.0368. The fourth-order valence-corrected chi connectivity index (χ4v) is 6.14. The van der Waals surface area contributed by atoms with Crippen LogP contribution in [0.15, 0.2) is 6.33 Å². The quantitative estimate of drug-likeness (QED) is 0.362. The van der Waals surface area contributed by atoms with E-state index < -0.39 is 41.2 Å². The molecule has 9 nitrogen and oxygen atoms in total. The number of hydrogen-bond donors (Lipinski definition) is 2. The number of terminal acetylenes is 1. The zero-order valence-corrected chi connectivity index (χ0v) is 26.1. The summed E-state index contributed by atoms with van der Waals surface area (Å²) >= 11 is 0. The van der Waals surface area contributed by atoms with E-state index in [0.29, 0.717) is 36.3 Å². The molecule has 3 N–H and O–H groups in total. The Morgan fingerprint density at radius 2 is 1.73 bits per heavy atom. The van der Waals surface area contributed by atoms with E-state index in [-0.39, 0.29) is 16.0 Å². The Morgan fingerprint density at radius 1 is 1.11 bits per heavy atom. The summed E-state index contributed by atoms with van der Waals surface area (Å²) in [5, 5.41) is 11.6. The van der Waals surface area contributed by atoms with Crippen LogP contribution in [0.3, 0.4) is 0 Å². The summed E-state index contributed by atoms with van der Waals surface area (Å²) in [5.74, 6) is 2.75. The molecule has 37 heavy (non-hydrogen) atoms. The van der Waals surface area contributed by atoms with E-state index in [0.717, 1.165) is 0 Å². The third kappa shape index (κ3) is 6.10. The van der Waals surface area contributed by atoms with Crippen molar-refractivity contribution in [2.75, 3.05) is 12.3 Å². The lowest BCUT2D eigenvalue weighted by Crippen LogP contribution is -2.51. The van der Waals surface area contributed by atoms with Crippen molar-refractivity contribution in [3.8, 4) is 12.3 Å². The predicted octanol–water partition coefficient (Wildman–Crippen LogP) is 4.64. The fourth-order valence-electron chi connectivity index (χ4n) is 3.80. The summed E-state index contributed by atoms with van der Waals surface area (Å²) in [7, 11) is -4.30. The van der Waals surface area contributed by atoms with Gasteiger partial charge in [-0.05, 0) is 36.3 Å². The molecule has 1 aliphatic rings. The van der Waals surface area contributed by atoms with E-state index in [2.05, 4.69) is 88.6 Å². The molecule has 1 aliphatic heterocycles. The van der Waals surface area contributed by atoms with Crippen molar-refractivity contribution >= 4 is 33.7 Å². The monoisotopic (exact) mass is 547 g/mol. The Kier molecular flexibility index (Phi) is 8.35. The van der Waals surface area contributed by atoms with E-state index in [9.17, 15) is 5.11 Å². The average Bonchev–Trinajstić information content (AvgIpc) is 3.30. The first-order valence-corrected chi connectivity index (χ1v) is 18.8. The highest BCUT2D eigenvalue weighted by atomic mass is 28.4. The Bertz CT molecular complexity index is 1150. The van der Waals surface area contributed by atoms with Gasteiger partial charge in [-0.25, -0.2) is 9.97 Å². The highest BCUT2D eigenvalue weighted by molar-refractivity contribution is 6.74. The van der Waals surface area contributed by atoms with Gasteiger partial charge < -0.3 is 24.4 Å². The molecule has 0 spiro atoms. The van der Waals surface area contributed by atoms with Gasteiger partial charge in [0, 0.05) is 12.8 Å². The number of ether oxygens (including phenoxy) is 1. The van der Waals surface area contributed by atoms with Crippen LogP contribution >= 0.6 is 0 Å². The number of nitrogens with zero attached hydrogens (tertiary/aromatic N) is 4. The molecule has 3 heterocycles. The lowest BCUT2D eigenvalue weighted by Gasteiger charge is -2.41. The van der Waals surface area contributed by atoms with Crippen molar-refractivity contribution in [3.63, 3.8) is 0 Å². The molecule has 1 saturated heterocycles. The molecule has 0 aliphatic carbocycles. The molecule has 2 aromatic rings. The lowest BCUT2D eigenvalue weighted by molar-refractivity contribution is -0.0487. The standard InChI is InChI=1S/C26H45N5O4Si2/c1-12-13-14-17-19-22(30-24(27)29-17)31(16-28-19)23-20(32)21(35-37(10,11)26(5,6)7)18(34-23)15-33-36(8,9)25(2,3)4/h1,16,18,20-21,23,32H,13-15H2,2-11H3,(H2,27,29,30)/t18-,20-,21-,23-/m1/s1. The Morgan fingerprint density at radius 3 is 2.30 bits per heavy atom. The zero-order chi connectivity index (χ0) is 28.0. The molecule has 4 atom stereocenters. The number of aliphatic hydroxyl groups is 1. The average molecular weight is 548 g/mol.